The zero-order valence-electron chi connectivity index (χ0n) is 8.03. The molecule has 0 aliphatic rings. The lowest BCUT2D eigenvalue weighted by Gasteiger charge is -2.01. The van der Waals surface area contributed by atoms with Crippen LogP contribution in [0.2, 0.25) is 0 Å². The lowest BCUT2D eigenvalue weighted by Crippen LogP contribution is -2.08. The fraction of sp³-hybridized carbons (Fsp3) is 0.200. The molecular weight excluding hydrogens is 178 g/mol. The van der Waals surface area contributed by atoms with E-state index >= 15 is 0 Å². The summed E-state index contributed by atoms with van der Waals surface area (Å²) in [7, 11) is 0. The molecule has 4 N–H and O–H groups in total. The van der Waals surface area contributed by atoms with Crippen molar-refractivity contribution in [1.82, 2.24) is 4.98 Å². The van der Waals surface area contributed by atoms with Gasteiger partial charge in [-0.15, -0.1) is 0 Å². The first-order valence-electron chi connectivity index (χ1n) is 4.27. The Morgan fingerprint density at radius 3 is 3.00 bits per heavy atom. The summed E-state index contributed by atoms with van der Waals surface area (Å²) < 4.78 is 0. The lowest BCUT2D eigenvalue weighted by molar-refractivity contribution is -0.117. The number of aromatic nitrogens is 1. The number of rotatable bonds is 3. The molecule has 1 heterocycles. The molecule has 0 bridgehead atoms. The number of amides is 1. The minimum atomic E-state index is -0.368. The van der Waals surface area contributed by atoms with E-state index in [1.165, 1.54) is 0 Å². The molecule has 0 spiro atoms. The molecule has 0 radical (unpaired) electrons. The van der Waals surface area contributed by atoms with E-state index in [0.29, 0.717) is 11.4 Å². The maximum Gasteiger partial charge on any atom is 0.221 e. The van der Waals surface area contributed by atoms with Crippen LogP contribution in [0.15, 0.2) is 18.3 Å². The average molecular weight is 191 g/mol. The number of anilines is 1. The van der Waals surface area contributed by atoms with E-state index in [0.717, 1.165) is 5.56 Å². The molecule has 0 unspecified atom stereocenters. The van der Waals surface area contributed by atoms with Gasteiger partial charge in [0.25, 0.3) is 0 Å². The molecular formula is C10H13N3O. The highest BCUT2D eigenvalue weighted by Gasteiger charge is 1.98. The van der Waals surface area contributed by atoms with Crippen LogP contribution in [0.25, 0.3) is 6.08 Å². The normalized spacial score (nSPS) is 10.6. The Balaban J connectivity index is 2.81. The minimum absolute atomic E-state index is 0.203. The number of carbonyl (C=O) groups excluding carboxylic acids is 1. The molecule has 1 amide bonds. The van der Waals surface area contributed by atoms with E-state index in [2.05, 4.69) is 4.98 Å². The highest BCUT2D eigenvalue weighted by Crippen LogP contribution is 2.14. The second kappa shape index (κ2) is 4.41. The SMILES string of the molecule is Cc1ccnc(C=CCC(N)=O)c1N. The summed E-state index contributed by atoms with van der Waals surface area (Å²) in [4.78, 5) is 14.5. The number of hydrogen-bond donors (Lipinski definition) is 2. The van der Waals surface area contributed by atoms with E-state index in [9.17, 15) is 4.79 Å². The number of carbonyl (C=O) groups is 1. The molecule has 1 aromatic heterocycles. The summed E-state index contributed by atoms with van der Waals surface area (Å²) in [5, 5.41) is 0. The first kappa shape index (κ1) is 10.2. The van der Waals surface area contributed by atoms with Gasteiger partial charge in [-0.05, 0) is 24.6 Å². The second-order valence-electron chi connectivity index (χ2n) is 3.00. The van der Waals surface area contributed by atoms with Crippen LogP contribution in [0.5, 0.6) is 0 Å². The van der Waals surface area contributed by atoms with Crippen LogP contribution in [0.3, 0.4) is 0 Å². The van der Waals surface area contributed by atoms with Crippen LogP contribution in [-0.4, -0.2) is 10.9 Å². The van der Waals surface area contributed by atoms with Gasteiger partial charge in [0.1, 0.15) is 0 Å². The number of nitrogens with zero attached hydrogens (tertiary/aromatic N) is 1. The van der Waals surface area contributed by atoms with Gasteiger partial charge in [0.15, 0.2) is 0 Å². The lowest BCUT2D eigenvalue weighted by atomic mass is 10.2. The number of aryl methyl sites for hydroxylation is 1. The molecule has 0 saturated carbocycles. The number of primary amides is 1. The summed E-state index contributed by atoms with van der Waals surface area (Å²) in [5.41, 5.74) is 13.0. The van der Waals surface area contributed by atoms with Crippen molar-refractivity contribution >= 4 is 17.7 Å². The molecule has 0 aromatic carbocycles. The molecule has 14 heavy (non-hydrogen) atoms. The number of nitrogens with two attached hydrogens (primary N) is 2. The Kier molecular flexibility index (Phi) is 3.23. The van der Waals surface area contributed by atoms with Crippen molar-refractivity contribution in [2.24, 2.45) is 5.73 Å². The monoisotopic (exact) mass is 191 g/mol. The topological polar surface area (TPSA) is 82.0 Å². The Hall–Kier alpha value is -1.84. The fourth-order valence-electron chi connectivity index (χ4n) is 1.01. The van der Waals surface area contributed by atoms with Gasteiger partial charge in [-0.2, -0.15) is 0 Å². The minimum Gasteiger partial charge on any atom is -0.397 e. The van der Waals surface area contributed by atoms with E-state index in [4.69, 9.17) is 11.5 Å². The molecule has 1 aromatic rings. The van der Waals surface area contributed by atoms with Crippen LogP contribution < -0.4 is 11.5 Å². The van der Waals surface area contributed by atoms with Gasteiger partial charge in [0.2, 0.25) is 5.91 Å². The van der Waals surface area contributed by atoms with Crippen LogP contribution in [0, 0.1) is 6.92 Å². The molecule has 1 rings (SSSR count). The summed E-state index contributed by atoms with van der Waals surface area (Å²) >= 11 is 0. The zero-order valence-corrected chi connectivity index (χ0v) is 8.03. The van der Waals surface area contributed by atoms with Crippen LogP contribution in [0.4, 0.5) is 5.69 Å². The molecule has 74 valence electrons. The van der Waals surface area contributed by atoms with Crippen LogP contribution >= 0.6 is 0 Å². The van der Waals surface area contributed by atoms with Crippen molar-refractivity contribution < 1.29 is 4.79 Å². The number of hydrogen-bond acceptors (Lipinski definition) is 3. The van der Waals surface area contributed by atoms with E-state index in [1.807, 2.05) is 13.0 Å². The van der Waals surface area contributed by atoms with Gasteiger partial charge in [-0.1, -0.05) is 6.08 Å². The smallest absolute Gasteiger partial charge is 0.221 e. The van der Waals surface area contributed by atoms with E-state index in [1.54, 1.807) is 18.3 Å². The third-order valence-corrected chi connectivity index (χ3v) is 1.83. The predicted octanol–water partition coefficient (Wildman–Crippen LogP) is 0.861. The fourth-order valence-corrected chi connectivity index (χ4v) is 1.01. The third kappa shape index (κ3) is 2.58. The molecule has 4 nitrogen and oxygen atoms in total. The van der Waals surface area contributed by atoms with Crippen molar-refractivity contribution in [3.05, 3.63) is 29.6 Å². The van der Waals surface area contributed by atoms with Gasteiger partial charge < -0.3 is 11.5 Å². The van der Waals surface area contributed by atoms with Crippen molar-refractivity contribution in [2.75, 3.05) is 5.73 Å². The van der Waals surface area contributed by atoms with E-state index in [-0.39, 0.29) is 12.3 Å². The predicted molar refractivity (Wildman–Crippen MR) is 56.2 cm³/mol. The van der Waals surface area contributed by atoms with Crippen molar-refractivity contribution in [1.29, 1.82) is 0 Å². The van der Waals surface area contributed by atoms with Crippen LogP contribution in [-0.2, 0) is 4.79 Å². The quantitative estimate of drug-likeness (QED) is 0.743. The molecule has 0 fully saturated rings. The van der Waals surface area contributed by atoms with Crippen molar-refractivity contribution in [3.63, 3.8) is 0 Å². The number of pyridine rings is 1. The Morgan fingerprint density at radius 1 is 1.64 bits per heavy atom. The molecule has 0 atom stereocenters. The molecule has 0 saturated heterocycles. The van der Waals surface area contributed by atoms with Gasteiger partial charge in [0.05, 0.1) is 11.4 Å². The summed E-state index contributed by atoms with van der Waals surface area (Å²) in [5.74, 6) is -0.368. The van der Waals surface area contributed by atoms with Crippen molar-refractivity contribution in [2.45, 2.75) is 13.3 Å². The van der Waals surface area contributed by atoms with Crippen LogP contribution in [0.1, 0.15) is 17.7 Å². The number of nitrogen functional groups attached to an aromatic ring is 1. The molecule has 0 aliphatic heterocycles. The highest BCUT2D eigenvalue weighted by molar-refractivity contribution is 5.77. The Morgan fingerprint density at radius 2 is 2.36 bits per heavy atom. The van der Waals surface area contributed by atoms with Gasteiger partial charge >= 0.3 is 0 Å². The van der Waals surface area contributed by atoms with Crippen molar-refractivity contribution in [3.8, 4) is 0 Å². The third-order valence-electron chi connectivity index (χ3n) is 1.83. The summed E-state index contributed by atoms with van der Waals surface area (Å²) in [6.07, 6.45) is 5.23. The average Bonchev–Trinajstić information content (AvgIpc) is 2.12. The van der Waals surface area contributed by atoms with Gasteiger partial charge in [0, 0.05) is 12.6 Å². The molecule has 4 heteroatoms. The summed E-state index contributed by atoms with van der Waals surface area (Å²) in [6, 6.07) is 1.83. The summed E-state index contributed by atoms with van der Waals surface area (Å²) in [6.45, 7) is 1.91. The Bertz CT molecular complexity index is 372. The standard InChI is InChI=1S/C10H13N3O/c1-7-5-6-13-8(10(7)12)3-2-4-9(11)14/h2-3,5-6H,4,12H2,1H3,(H2,11,14). The Labute approximate surface area is 82.6 Å². The maximum atomic E-state index is 10.5. The largest absolute Gasteiger partial charge is 0.397 e. The first-order valence-corrected chi connectivity index (χ1v) is 4.27. The van der Waals surface area contributed by atoms with Gasteiger partial charge in [-0.25, -0.2) is 0 Å². The molecule has 0 aliphatic carbocycles. The van der Waals surface area contributed by atoms with Gasteiger partial charge in [-0.3, -0.25) is 9.78 Å². The van der Waals surface area contributed by atoms with E-state index < -0.39 is 0 Å². The second-order valence-corrected chi connectivity index (χ2v) is 3.00. The zero-order chi connectivity index (χ0) is 10.6. The first-order chi connectivity index (χ1) is 6.61. The maximum absolute atomic E-state index is 10.5. The highest BCUT2D eigenvalue weighted by atomic mass is 16.1.